The second-order valence-electron chi connectivity index (χ2n) is 6.96. The number of aryl methyl sites for hydroxylation is 1. The number of rotatable bonds is 5. The van der Waals surface area contributed by atoms with Crippen LogP contribution in [0.3, 0.4) is 0 Å². The van der Waals surface area contributed by atoms with E-state index in [1.54, 1.807) is 19.2 Å². The Morgan fingerprint density at radius 2 is 1.86 bits per heavy atom. The van der Waals surface area contributed by atoms with Crippen LogP contribution in [0.4, 0.5) is 5.95 Å². The minimum Gasteiger partial charge on any atom is -0.352 e. The average molecular weight is 387 g/mol. The van der Waals surface area contributed by atoms with Crippen molar-refractivity contribution in [1.29, 1.82) is 0 Å². The number of aromatic nitrogens is 4. The first-order valence-electron chi connectivity index (χ1n) is 9.39. The summed E-state index contributed by atoms with van der Waals surface area (Å²) < 4.78 is 1.36. The van der Waals surface area contributed by atoms with Crippen molar-refractivity contribution in [1.82, 2.24) is 19.7 Å². The van der Waals surface area contributed by atoms with Gasteiger partial charge >= 0.3 is 0 Å². The Balaban J connectivity index is 1.65. The summed E-state index contributed by atoms with van der Waals surface area (Å²) in [6, 6.07) is 16.2. The van der Waals surface area contributed by atoms with E-state index in [9.17, 15) is 9.59 Å². The molecule has 146 valence electrons. The van der Waals surface area contributed by atoms with Crippen molar-refractivity contribution in [3.05, 3.63) is 98.3 Å². The summed E-state index contributed by atoms with van der Waals surface area (Å²) in [5.41, 5.74) is 2.22. The summed E-state index contributed by atoms with van der Waals surface area (Å²) in [7, 11) is 0. The van der Waals surface area contributed by atoms with Crippen LogP contribution in [-0.2, 0) is 6.54 Å². The van der Waals surface area contributed by atoms with E-state index >= 15 is 0 Å². The predicted molar refractivity (Wildman–Crippen MR) is 113 cm³/mol. The van der Waals surface area contributed by atoms with Gasteiger partial charge in [0.25, 0.3) is 11.1 Å². The Morgan fingerprint density at radius 1 is 1.10 bits per heavy atom. The van der Waals surface area contributed by atoms with Crippen molar-refractivity contribution >= 4 is 16.7 Å². The van der Waals surface area contributed by atoms with E-state index in [1.165, 1.54) is 10.7 Å². The number of aromatic amines is 1. The molecule has 0 saturated carbocycles. The average Bonchev–Trinajstić information content (AvgIpc) is 2.73. The summed E-state index contributed by atoms with van der Waals surface area (Å²) >= 11 is 0. The standard InChI is InChI=1S/C22H21N5O2/c1-14-7-3-4-8-16(14)12-23-22-25-19(11-20(28)26-22)15(2)27-21(29)18-10-6-5-9-17(18)13-24-27/h3-11,13,15H,12H2,1-2H3,(H2,23,25,26,28)/t15-/m0/s1. The third-order valence-corrected chi connectivity index (χ3v) is 4.98. The fourth-order valence-electron chi connectivity index (χ4n) is 3.27. The first-order chi connectivity index (χ1) is 14.0. The molecule has 0 amide bonds. The molecule has 0 fully saturated rings. The number of nitrogens with one attached hydrogen (secondary N) is 2. The molecule has 0 aliphatic rings. The molecule has 0 unspecified atom stereocenters. The summed E-state index contributed by atoms with van der Waals surface area (Å²) in [4.78, 5) is 32.2. The number of anilines is 1. The predicted octanol–water partition coefficient (Wildman–Crippen LogP) is 3.01. The zero-order valence-corrected chi connectivity index (χ0v) is 16.2. The zero-order valence-electron chi connectivity index (χ0n) is 16.2. The van der Waals surface area contributed by atoms with Gasteiger partial charge in [0.05, 0.1) is 23.3 Å². The molecule has 0 saturated heterocycles. The van der Waals surface area contributed by atoms with Crippen LogP contribution in [0.25, 0.3) is 10.8 Å². The van der Waals surface area contributed by atoms with Gasteiger partial charge in [0.15, 0.2) is 0 Å². The Hall–Kier alpha value is -3.74. The van der Waals surface area contributed by atoms with Crippen LogP contribution in [0.1, 0.15) is 29.8 Å². The summed E-state index contributed by atoms with van der Waals surface area (Å²) in [5.74, 6) is 0.358. The van der Waals surface area contributed by atoms with E-state index in [1.807, 2.05) is 49.4 Å². The third kappa shape index (κ3) is 3.80. The smallest absolute Gasteiger partial charge is 0.275 e. The Bertz CT molecular complexity index is 1290. The fraction of sp³-hybridized carbons (Fsp3) is 0.182. The number of benzene rings is 2. The summed E-state index contributed by atoms with van der Waals surface area (Å²) in [6.45, 7) is 4.36. The Kier molecular flexibility index (Phi) is 4.95. The summed E-state index contributed by atoms with van der Waals surface area (Å²) in [6.07, 6.45) is 1.65. The largest absolute Gasteiger partial charge is 0.352 e. The van der Waals surface area contributed by atoms with Gasteiger partial charge in [-0.25, -0.2) is 9.67 Å². The van der Waals surface area contributed by atoms with Crippen molar-refractivity contribution in [3.63, 3.8) is 0 Å². The van der Waals surface area contributed by atoms with Crippen molar-refractivity contribution < 1.29 is 0 Å². The van der Waals surface area contributed by atoms with Crippen LogP contribution in [-0.4, -0.2) is 19.7 Å². The van der Waals surface area contributed by atoms with Gasteiger partial charge in [-0.15, -0.1) is 0 Å². The highest BCUT2D eigenvalue weighted by molar-refractivity contribution is 5.80. The first kappa shape index (κ1) is 18.6. The lowest BCUT2D eigenvalue weighted by atomic mass is 10.1. The Morgan fingerprint density at radius 3 is 2.69 bits per heavy atom. The van der Waals surface area contributed by atoms with Crippen LogP contribution in [0, 0.1) is 6.92 Å². The van der Waals surface area contributed by atoms with Crippen LogP contribution < -0.4 is 16.4 Å². The molecule has 29 heavy (non-hydrogen) atoms. The second kappa shape index (κ2) is 7.71. The van der Waals surface area contributed by atoms with Crippen LogP contribution in [0.15, 0.2) is 70.4 Å². The molecule has 0 spiro atoms. The zero-order chi connectivity index (χ0) is 20.4. The highest BCUT2D eigenvalue weighted by Crippen LogP contribution is 2.15. The lowest BCUT2D eigenvalue weighted by Gasteiger charge is -2.15. The van der Waals surface area contributed by atoms with Gasteiger partial charge in [-0.1, -0.05) is 42.5 Å². The number of fused-ring (bicyclic) bond motifs is 1. The minimum absolute atomic E-state index is 0.216. The molecule has 0 bridgehead atoms. The van der Waals surface area contributed by atoms with Crippen LogP contribution in [0.2, 0.25) is 0 Å². The van der Waals surface area contributed by atoms with Crippen LogP contribution in [0.5, 0.6) is 0 Å². The topological polar surface area (TPSA) is 92.7 Å². The fourth-order valence-corrected chi connectivity index (χ4v) is 3.27. The lowest BCUT2D eigenvalue weighted by molar-refractivity contribution is 0.524. The molecule has 0 radical (unpaired) electrons. The van der Waals surface area contributed by atoms with E-state index in [4.69, 9.17) is 0 Å². The van der Waals surface area contributed by atoms with Crippen molar-refractivity contribution in [2.24, 2.45) is 0 Å². The molecule has 2 N–H and O–H groups in total. The minimum atomic E-state index is -0.492. The molecule has 4 aromatic rings. The normalized spacial score (nSPS) is 12.1. The number of nitrogens with zero attached hydrogens (tertiary/aromatic N) is 3. The third-order valence-electron chi connectivity index (χ3n) is 4.98. The second-order valence-corrected chi connectivity index (χ2v) is 6.96. The monoisotopic (exact) mass is 387 g/mol. The summed E-state index contributed by atoms with van der Waals surface area (Å²) in [5, 5.41) is 8.80. The van der Waals surface area contributed by atoms with Gasteiger partial charge in [0, 0.05) is 18.0 Å². The van der Waals surface area contributed by atoms with Gasteiger partial charge in [0.1, 0.15) is 0 Å². The maximum Gasteiger partial charge on any atom is 0.275 e. The van der Waals surface area contributed by atoms with Crippen molar-refractivity contribution in [2.45, 2.75) is 26.4 Å². The van der Waals surface area contributed by atoms with E-state index in [0.717, 1.165) is 16.5 Å². The molecule has 2 heterocycles. The number of hydrogen-bond donors (Lipinski definition) is 2. The quantitative estimate of drug-likeness (QED) is 0.549. The number of hydrogen-bond acceptors (Lipinski definition) is 5. The van der Waals surface area contributed by atoms with Crippen molar-refractivity contribution in [2.75, 3.05) is 5.32 Å². The number of H-pyrrole nitrogens is 1. The maximum atomic E-state index is 12.8. The molecule has 7 nitrogen and oxygen atoms in total. The first-order valence-corrected chi connectivity index (χ1v) is 9.39. The molecular formula is C22H21N5O2. The van der Waals surface area contributed by atoms with Gasteiger partial charge in [-0.2, -0.15) is 5.10 Å². The van der Waals surface area contributed by atoms with E-state index in [0.29, 0.717) is 23.6 Å². The molecule has 4 rings (SSSR count). The molecule has 0 aliphatic carbocycles. The highest BCUT2D eigenvalue weighted by Gasteiger charge is 2.16. The van der Waals surface area contributed by atoms with E-state index in [-0.39, 0.29) is 11.1 Å². The Labute approximate surface area is 167 Å². The van der Waals surface area contributed by atoms with Gasteiger partial charge < -0.3 is 5.32 Å². The molecule has 1 atom stereocenters. The molecule has 0 aliphatic heterocycles. The molecule has 2 aromatic heterocycles. The van der Waals surface area contributed by atoms with Gasteiger partial charge in [-0.3, -0.25) is 14.6 Å². The SMILES string of the molecule is Cc1ccccc1CNc1nc([C@H](C)n2ncc3ccccc3c2=O)cc(=O)[nH]1. The molecule has 7 heteroatoms. The maximum absolute atomic E-state index is 12.8. The van der Waals surface area contributed by atoms with Crippen LogP contribution >= 0.6 is 0 Å². The molecular weight excluding hydrogens is 366 g/mol. The van der Waals surface area contributed by atoms with E-state index < -0.39 is 6.04 Å². The molecule has 2 aromatic carbocycles. The highest BCUT2D eigenvalue weighted by atomic mass is 16.1. The lowest BCUT2D eigenvalue weighted by Crippen LogP contribution is -2.28. The van der Waals surface area contributed by atoms with Gasteiger partial charge in [-0.05, 0) is 31.0 Å². The van der Waals surface area contributed by atoms with Gasteiger partial charge in [0.2, 0.25) is 5.95 Å². The van der Waals surface area contributed by atoms with E-state index in [2.05, 4.69) is 20.4 Å². The van der Waals surface area contributed by atoms with Crippen molar-refractivity contribution in [3.8, 4) is 0 Å².